The quantitative estimate of drug-likeness (QED) is 0.564. The molecular formula is C11H16N2O4. The summed E-state index contributed by atoms with van der Waals surface area (Å²) in [4.78, 5) is 12.1. The molecule has 0 saturated carbocycles. The van der Waals surface area contributed by atoms with E-state index in [1.807, 2.05) is 0 Å². The van der Waals surface area contributed by atoms with Crippen LogP contribution in [0.5, 0.6) is 0 Å². The summed E-state index contributed by atoms with van der Waals surface area (Å²) in [5, 5.41) is 28.8. The summed E-state index contributed by atoms with van der Waals surface area (Å²) in [5.41, 5.74) is 1.20. The van der Waals surface area contributed by atoms with E-state index in [9.17, 15) is 10.1 Å². The second kappa shape index (κ2) is 6.17. The summed E-state index contributed by atoms with van der Waals surface area (Å²) in [7, 11) is 0. The van der Waals surface area contributed by atoms with Crippen LogP contribution in [0.1, 0.15) is 5.56 Å². The lowest BCUT2D eigenvalue weighted by molar-refractivity contribution is -0.384. The SMILES string of the molecule is Cc1cccc([N+](=O)[O-])c1N(CCO)CCO. The van der Waals surface area contributed by atoms with Gasteiger partial charge in [-0.05, 0) is 12.5 Å². The largest absolute Gasteiger partial charge is 0.395 e. The minimum Gasteiger partial charge on any atom is -0.395 e. The lowest BCUT2D eigenvalue weighted by atomic mass is 10.1. The third-order valence-electron chi connectivity index (χ3n) is 2.47. The fourth-order valence-electron chi connectivity index (χ4n) is 1.78. The minimum atomic E-state index is -0.454. The van der Waals surface area contributed by atoms with Crippen LogP contribution in [0.3, 0.4) is 0 Å². The third-order valence-corrected chi connectivity index (χ3v) is 2.47. The van der Waals surface area contributed by atoms with E-state index in [1.165, 1.54) is 6.07 Å². The Bertz CT molecular complexity index is 389. The molecule has 0 heterocycles. The second-order valence-corrected chi connectivity index (χ2v) is 3.63. The van der Waals surface area contributed by atoms with Crippen LogP contribution in [0.25, 0.3) is 0 Å². The fraction of sp³-hybridized carbons (Fsp3) is 0.455. The first kappa shape index (κ1) is 13.4. The average Bonchev–Trinajstić information content (AvgIpc) is 2.28. The van der Waals surface area contributed by atoms with Crippen molar-refractivity contribution in [1.29, 1.82) is 0 Å². The molecule has 17 heavy (non-hydrogen) atoms. The van der Waals surface area contributed by atoms with E-state index < -0.39 is 4.92 Å². The third kappa shape index (κ3) is 3.15. The smallest absolute Gasteiger partial charge is 0.292 e. The van der Waals surface area contributed by atoms with Gasteiger partial charge >= 0.3 is 0 Å². The summed E-state index contributed by atoms with van der Waals surface area (Å²) in [6.45, 7) is 2.04. The Hall–Kier alpha value is -1.66. The van der Waals surface area contributed by atoms with Crippen LogP contribution >= 0.6 is 0 Å². The number of benzene rings is 1. The number of nitro benzene ring substituents is 1. The summed E-state index contributed by atoms with van der Waals surface area (Å²) in [5.74, 6) is 0. The van der Waals surface area contributed by atoms with Gasteiger partial charge in [0.25, 0.3) is 5.69 Å². The molecule has 94 valence electrons. The van der Waals surface area contributed by atoms with E-state index in [4.69, 9.17) is 10.2 Å². The molecule has 0 aliphatic heterocycles. The summed E-state index contributed by atoms with van der Waals surface area (Å²) < 4.78 is 0. The van der Waals surface area contributed by atoms with Gasteiger partial charge in [0, 0.05) is 19.2 Å². The predicted molar refractivity (Wildman–Crippen MR) is 64.2 cm³/mol. The van der Waals surface area contributed by atoms with Gasteiger partial charge in [-0.25, -0.2) is 0 Å². The Morgan fingerprint density at radius 3 is 2.35 bits per heavy atom. The number of hydrogen-bond donors (Lipinski definition) is 2. The summed E-state index contributed by atoms with van der Waals surface area (Å²) in [6.07, 6.45) is 0. The molecule has 0 aliphatic rings. The number of hydrogen-bond acceptors (Lipinski definition) is 5. The van der Waals surface area contributed by atoms with Crippen molar-refractivity contribution in [2.45, 2.75) is 6.92 Å². The van der Waals surface area contributed by atoms with Crippen molar-refractivity contribution in [2.75, 3.05) is 31.2 Å². The molecule has 0 radical (unpaired) electrons. The molecular weight excluding hydrogens is 224 g/mol. The Labute approximate surface area is 99.3 Å². The van der Waals surface area contributed by atoms with E-state index in [2.05, 4.69) is 0 Å². The molecule has 6 nitrogen and oxygen atoms in total. The Balaban J connectivity index is 3.19. The molecule has 0 atom stereocenters. The van der Waals surface area contributed by atoms with E-state index in [0.717, 1.165) is 5.56 Å². The Morgan fingerprint density at radius 1 is 1.29 bits per heavy atom. The van der Waals surface area contributed by atoms with Gasteiger partial charge in [0.1, 0.15) is 5.69 Å². The zero-order valence-corrected chi connectivity index (χ0v) is 9.67. The van der Waals surface area contributed by atoms with Crippen molar-refractivity contribution in [2.24, 2.45) is 0 Å². The number of nitro groups is 1. The van der Waals surface area contributed by atoms with Gasteiger partial charge in [-0.15, -0.1) is 0 Å². The van der Waals surface area contributed by atoms with Crippen molar-refractivity contribution >= 4 is 11.4 Å². The Morgan fingerprint density at radius 2 is 1.88 bits per heavy atom. The number of nitrogens with zero attached hydrogens (tertiary/aromatic N) is 2. The van der Waals surface area contributed by atoms with Crippen LogP contribution < -0.4 is 4.90 Å². The molecule has 0 bridgehead atoms. The van der Waals surface area contributed by atoms with Crippen molar-refractivity contribution in [3.8, 4) is 0 Å². The molecule has 0 unspecified atom stereocenters. The number of aliphatic hydroxyl groups excluding tert-OH is 2. The Kier molecular flexibility index (Phi) is 4.86. The first-order chi connectivity index (χ1) is 8.11. The zero-order valence-electron chi connectivity index (χ0n) is 9.67. The molecule has 0 aliphatic carbocycles. The van der Waals surface area contributed by atoms with Gasteiger partial charge < -0.3 is 15.1 Å². The highest BCUT2D eigenvalue weighted by molar-refractivity contribution is 5.67. The molecule has 1 aromatic carbocycles. The lowest BCUT2D eigenvalue weighted by Gasteiger charge is -2.24. The van der Waals surface area contributed by atoms with Crippen LogP contribution in [0.15, 0.2) is 18.2 Å². The molecule has 1 aromatic rings. The zero-order chi connectivity index (χ0) is 12.8. The van der Waals surface area contributed by atoms with Gasteiger partial charge in [0.15, 0.2) is 0 Å². The number of aliphatic hydroxyl groups is 2. The normalized spacial score (nSPS) is 10.3. The van der Waals surface area contributed by atoms with E-state index >= 15 is 0 Å². The van der Waals surface area contributed by atoms with Gasteiger partial charge in [-0.1, -0.05) is 12.1 Å². The summed E-state index contributed by atoms with van der Waals surface area (Å²) >= 11 is 0. The number of anilines is 1. The average molecular weight is 240 g/mol. The maximum atomic E-state index is 10.9. The van der Waals surface area contributed by atoms with Crippen molar-refractivity contribution in [3.63, 3.8) is 0 Å². The topological polar surface area (TPSA) is 86.8 Å². The first-order valence-electron chi connectivity index (χ1n) is 5.32. The number of rotatable bonds is 6. The highest BCUT2D eigenvalue weighted by Gasteiger charge is 2.20. The van der Waals surface area contributed by atoms with Crippen molar-refractivity contribution < 1.29 is 15.1 Å². The molecule has 0 amide bonds. The second-order valence-electron chi connectivity index (χ2n) is 3.63. The lowest BCUT2D eigenvalue weighted by Crippen LogP contribution is -2.30. The first-order valence-corrected chi connectivity index (χ1v) is 5.32. The van der Waals surface area contributed by atoms with Crippen LogP contribution in [-0.4, -0.2) is 41.4 Å². The molecule has 6 heteroatoms. The van der Waals surface area contributed by atoms with Crippen LogP contribution in [0.4, 0.5) is 11.4 Å². The highest BCUT2D eigenvalue weighted by Crippen LogP contribution is 2.31. The summed E-state index contributed by atoms with van der Waals surface area (Å²) in [6, 6.07) is 4.81. The van der Waals surface area contributed by atoms with E-state index in [-0.39, 0.29) is 32.0 Å². The molecule has 0 aromatic heterocycles. The number of para-hydroxylation sites is 1. The molecule has 2 N–H and O–H groups in total. The van der Waals surface area contributed by atoms with Gasteiger partial charge in [-0.3, -0.25) is 10.1 Å². The fourth-order valence-corrected chi connectivity index (χ4v) is 1.78. The van der Waals surface area contributed by atoms with Crippen LogP contribution in [0.2, 0.25) is 0 Å². The van der Waals surface area contributed by atoms with Crippen LogP contribution in [0, 0.1) is 17.0 Å². The van der Waals surface area contributed by atoms with Crippen LogP contribution in [-0.2, 0) is 0 Å². The molecule has 0 fully saturated rings. The molecule has 0 saturated heterocycles. The van der Waals surface area contributed by atoms with Crippen molar-refractivity contribution in [1.82, 2.24) is 0 Å². The predicted octanol–water partition coefficient (Wildman–Crippen LogP) is 0.694. The maximum absolute atomic E-state index is 10.9. The standard InChI is InChI=1S/C11H16N2O4/c1-9-3-2-4-10(13(16)17)11(9)12(5-7-14)6-8-15/h2-4,14-15H,5-8H2,1H3. The monoisotopic (exact) mass is 240 g/mol. The van der Waals surface area contributed by atoms with E-state index in [1.54, 1.807) is 24.0 Å². The molecule has 1 rings (SSSR count). The number of aryl methyl sites for hydroxylation is 1. The van der Waals surface area contributed by atoms with Gasteiger partial charge in [0.2, 0.25) is 0 Å². The van der Waals surface area contributed by atoms with Gasteiger partial charge in [-0.2, -0.15) is 0 Å². The molecule has 0 spiro atoms. The van der Waals surface area contributed by atoms with E-state index in [0.29, 0.717) is 5.69 Å². The van der Waals surface area contributed by atoms with Gasteiger partial charge in [0.05, 0.1) is 18.1 Å². The minimum absolute atomic E-state index is 0.00750. The highest BCUT2D eigenvalue weighted by atomic mass is 16.6. The van der Waals surface area contributed by atoms with Crippen molar-refractivity contribution in [3.05, 3.63) is 33.9 Å². The maximum Gasteiger partial charge on any atom is 0.292 e.